The molecule has 1 aromatic carbocycles. The van der Waals surface area contributed by atoms with Crippen molar-refractivity contribution in [2.45, 2.75) is 4.90 Å². The van der Waals surface area contributed by atoms with Gasteiger partial charge in [0.15, 0.2) is 0 Å². The molecule has 0 saturated carbocycles. The van der Waals surface area contributed by atoms with Crippen LogP contribution in [0.25, 0.3) is 6.08 Å². The fraction of sp³-hybridized carbons (Fsp3) is 0. The molecule has 0 radical (unpaired) electrons. The highest BCUT2D eigenvalue weighted by Gasteiger charge is 2.19. The zero-order chi connectivity index (χ0) is 7.90. The maximum Gasteiger partial charge on any atom is 0.0703 e. The van der Waals surface area contributed by atoms with Gasteiger partial charge in [-0.1, -0.05) is 18.2 Å². The predicted molar refractivity (Wildman–Crippen MR) is 46.6 cm³/mol. The van der Waals surface area contributed by atoms with Gasteiger partial charge in [-0.15, -0.1) is 10.6 Å². The highest BCUT2D eigenvalue weighted by atomic mass is 32.3. The standard InChI is InChI=1S/C8H8O2S/c9-11(10)6-5-7-3-1-2-4-8(7)11/h1-6,9-10H. The van der Waals surface area contributed by atoms with Crippen LogP contribution in [0.15, 0.2) is 34.6 Å². The first-order valence-electron chi connectivity index (χ1n) is 3.25. The zero-order valence-electron chi connectivity index (χ0n) is 5.77. The monoisotopic (exact) mass is 168 g/mol. The lowest BCUT2D eigenvalue weighted by Crippen LogP contribution is -1.90. The van der Waals surface area contributed by atoms with Crippen LogP contribution in [0.4, 0.5) is 0 Å². The molecule has 58 valence electrons. The van der Waals surface area contributed by atoms with Crippen LogP contribution in [0.1, 0.15) is 5.56 Å². The zero-order valence-corrected chi connectivity index (χ0v) is 6.58. The van der Waals surface area contributed by atoms with Crippen LogP contribution in [-0.2, 0) is 0 Å². The van der Waals surface area contributed by atoms with E-state index in [4.69, 9.17) is 0 Å². The van der Waals surface area contributed by atoms with Crippen LogP contribution < -0.4 is 0 Å². The van der Waals surface area contributed by atoms with E-state index in [1.54, 1.807) is 18.2 Å². The lowest BCUT2D eigenvalue weighted by Gasteiger charge is -2.24. The van der Waals surface area contributed by atoms with Crippen molar-refractivity contribution >= 4 is 16.7 Å². The highest BCUT2D eigenvalue weighted by molar-refractivity contribution is 8.27. The van der Waals surface area contributed by atoms with Gasteiger partial charge in [0, 0.05) is 5.41 Å². The van der Waals surface area contributed by atoms with Gasteiger partial charge in [-0.25, -0.2) is 0 Å². The van der Waals surface area contributed by atoms with Gasteiger partial charge in [-0.3, -0.25) is 9.11 Å². The van der Waals surface area contributed by atoms with Gasteiger partial charge < -0.3 is 0 Å². The Bertz CT molecular complexity index is 318. The summed E-state index contributed by atoms with van der Waals surface area (Å²) in [6.45, 7) is 0. The molecule has 0 aromatic heterocycles. The average molecular weight is 168 g/mol. The summed E-state index contributed by atoms with van der Waals surface area (Å²) in [5.41, 5.74) is 0.910. The molecular weight excluding hydrogens is 160 g/mol. The molecule has 1 aliphatic rings. The Morgan fingerprint density at radius 1 is 1.09 bits per heavy atom. The van der Waals surface area contributed by atoms with Crippen LogP contribution in [-0.4, -0.2) is 9.11 Å². The Labute approximate surface area is 66.5 Å². The molecule has 0 atom stereocenters. The molecule has 0 aliphatic carbocycles. The van der Waals surface area contributed by atoms with E-state index in [9.17, 15) is 9.11 Å². The van der Waals surface area contributed by atoms with Gasteiger partial charge in [0.2, 0.25) is 0 Å². The van der Waals surface area contributed by atoms with Crippen LogP contribution in [0, 0.1) is 0 Å². The Morgan fingerprint density at radius 3 is 2.55 bits per heavy atom. The molecule has 0 bridgehead atoms. The van der Waals surface area contributed by atoms with Crippen molar-refractivity contribution in [2.24, 2.45) is 0 Å². The van der Waals surface area contributed by atoms with Crippen molar-refractivity contribution in [3.05, 3.63) is 35.2 Å². The van der Waals surface area contributed by atoms with E-state index in [2.05, 4.69) is 0 Å². The van der Waals surface area contributed by atoms with Crippen LogP contribution >= 0.6 is 10.6 Å². The molecule has 2 N–H and O–H groups in total. The van der Waals surface area contributed by atoms with Gasteiger partial charge in [0.25, 0.3) is 0 Å². The fourth-order valence-electron chi connectivity index (χ4n) is 1.13. The lowest BCUT2D eigenvalue weighted by atomic mass is 10.2. The molecule has 0 spiro atoms. The Balaban J connectivity index is 2.64. The van der Waals surface area contributed by atoms with Crippen molar-refractivity contribution in [1.82, 2.24) is 0 Å². The van der Waals surface area contributed by atoms with Crippen molar-refractivity contribution in [3.8, 4) is 0 Å². The fourth-order valence-corrected chi connectivity index (χ4v) is 2.38. The Hall–Kier alpha value is -0.770. The van der Waals surface area contributed by atoms with Crippen molar-refractivity contribution in [1.29, 1.82) is 0 Å². The van der Waals surface area contributed by atoms with Crippen LogP contribution in [0.5, 0.6) is 0 Å². The van der Waals surface area contributed by atoms with Gasteiger partial charge in [0.05, 0.1) is 4.90 Å². The van der Waals surface area contributed by atoms with Gasteiger partial charge >= 0.3 is 0 Å². The van der Waals surface area contributed by atoms with Crippen molar-refractivity contribution in [2.75, 3.05) is 0 Å². The molecule has 0 unspecified atom stereocenters. The molecule has 3 heteroatoms. The first-order valence-corrected chi connectivity index (χ1v) is 4.86. The molecule has 0 fully saturated rings. The SMILES string of the molecule is OS1(O)C=Cc2ccccc21. The summed E-state index contributed by atoms with van der Waals surface area (Å²) in [6, 6.07) is 7.29. The third kappa shape index (κ3) is 0.976. The molecule has 1 aromatic rings. The summed E-state index contributed by atoms with van der Waals surface area (Å²) in [4.78, 5) is 0.639. The Morgan fingerprint density at radius 2 is 1.82 bits per heavy atom. The number of hydrogen-bond acceptors (Lipinski definition) is 2. The van der Waals surface area contributed by atoms with E-state index in [0.717, 1.165) is 5.56 Å². The summed E-state index contributed by atoms with van der Waals surface area (Å²) < 4.78 is 18.8. The van der Waals surface area contributed by atoms with E-state index in [0.29, 0.717) is 4.90 Å². The molecule has 2 nitrogen and oxygen atoms in total. The highest BCUT2D eigenvalue weighted by Crippen LogP contribution is 2.55. The van der Waals surface area contributed by atoms with E-state index < -0.39 is 10.6 Å². The topological polar surface area (TPSA) is 40.5 Å². The number of hydrogen-bond donors (Lipinski definition) is 2. The third-order valence-corrected chi connectivity index (χ3v) is 3.21. The summed E-state index contributed by atoms with van der Waals surface area (Å²) in [5, 5.41) is 1.46. The molecule has 1 aliphatic heterocycles. The molecule has 11 heavy (non-hydrogen) atoms. The number of fused-ring (bicyclic) bond motifs is 1. The summed E-state index contributed by atoms with van der Waals surface area (Å²) in [6.07, 6.45) is 1.74. The quantitative estimate of drug-likeness (QED) is 0.625. The summed E-state index contributed by atoms with van der Waals surface area (Å²) >= 11 is 0. The van der Waals surface area contributed by atoms with E-state index in [-0.39, 0.29) is 0 Å². The second-order valence-electron chi connectivity index (χ2n) is 2.43. The van der Waals surface area contributed by atoms with Gasteiger partial charge in [-0.2, -0.15) is 0 Å². The first-order chi connectivity index (χ1) is 5.20. The minimum Gasteiger partial charge on any atom is -0.291 e. The molecular formula is C8H8O2S. The molecule has 0 saturated heterocycles. The predicted octanol–water partition coefficient (Wildman–Crippen LogP) is 2.78. The third-order valence-electron chi connectivity index (χ3n) is 1.68. The van der Waals surface area contributed by atoms with E-state index in [1.807, 2.05) is 12.1 Å². The van der Waals surface area contributed by atoms with Crippen molar-refractivity contribution in [3.63, 3.8) is 0 Å². The van der Waals surface area contributed by atoms with E-state index >= 15 is 0 Å². The van der Waals surface area contributed by atoms with E-state index in [1.165, 1.54) is 5.41 Å². The normalized spacial score (nSPS) is 21.3. The maximum atomic E-state index is 9.40. The van der Waals surface area contributed by atoms with Crippen LogP contribution in [0.2, 0.25) is 0 Å². The average Bonchev–Trinajstić information content (AvgIpc) is 2.29. The maximum absolute atomic E-state index is 9.40. The Kier molecular flexibility index (Phi) is 1.32. The second kappa shape index (κ2) is 2.11. The first kappa shape index (κ1) is 6.91. The second-order valence-corrected chi connectivity index (χ2v) is 4.33. The number of benzene rings is 1. The summed E-state index contributed by atoms with van der Waals surface area (Å²) in [7, 11) is -2.59. The molecule has 2 rings (SSSR count). The largest absolute Gasteiger partial charge is 0.291 e. The van der Waals surface area contributed by atoms with Crippen molar-refractivity contribution < 1.29 is 9.11 Å². The molecule has 0 amide bonds. The lowest BCUT2D eigenvalue weighted by molar-refractivity contribution is 0.501. The minimum atomic E-state index is -2.59. The minimum absolute atomic E-state index is 0.639. The van der Waals surface area contributed by atoms with Gasteiger partial charge in [0.1, 0.15) is 0 Å². The number of rotatable bonds is 0. The van der Waals surface area contributed by atoms with Crippen LogP contribution in [0.3, 0.4) is 0 Å². The van der Waals surface area contributed by atoms with Gasteiger partial charge in [-0.05, 0) is 17.7 Å². The molecule has 1 heterocycles. The smallest absolute Gasteiger partial charge is 0.0703 e. The summed E-state index contributed by atoms with van der Waals surface area (Å²) in [5.74, 6) is 0.